The van der Waals surface area contributed by atoms with Crippen molar-refractivity contribution in [2.45, 2.75) is 46.6 Å². The molecule has 0 spiro atoms. The first-order valence-electron chi connectivity index (χ1n) is 6.46. The molecular formula is C13H23NO3. The highest BCUT2D eigenvalue weighted by Gasteiger charge is 2.37. The summed E-state index contributed by atoms with van der Waals surface area (Å²) in [6.45, 7) is 8.82. The van der Waals surface area contributed by atoms with Gasteiger partial charge in [0.1, 0.15) is 6.04 Å². The summed E-state index contributed by atoms with van der Waals surface area (Å²) in [5.74, 6) is 0.0841. The summed E-state index contributed by atoms with van der Waals surface area (Å²) in [6, 6.07) is -0.358. The fourth-order valence-corrected chi connectivity index (χ4v) is 2.06. The van der Waals surface area contributed by atoms with Crippen LogP contribution in [-0.4, -0.2) is 36.0 Å². The molecule has 1 saturated heterocycles. The average molecular weight is 241 g/mol. The summed E-state index contributed by atoms with van der Waals surface area (Å²) in [5.41, 5.74) is 0. The van der Waals surface area contributed by atoms with Crippen molar-refractivity contribution in [3.05, 3.63) is 0 Å². The minimum atomic E-state index is -0.358. The second kappa shape index (κ2) is 6.03. The molecule has 1 fully saturated rings. The molecule has 2 unspecified atom stereocenters. The van der Waals surface area contributed by atoms with Crippen molar-refractivity contribution in [3.63, 3.8) is 0 Å². The number of hydrogen-bond donors (Lipinski definition) is 0. The van der Waals surface area contributed by atoms with Crippen molar-refractivity contribution in [3.8, 4) is 0 Å². The molecule has 0 N–H and O–H groups in total. The normalized spacial score (nSPS) is 21.7. The van der Waals surface area contributed by atoms with Crippen LogP contribution in [0.3, 0.4) is 0 Å². The number of amides is 1. The van der Waals surface area contributed by atoms with Crippen LogP contribution < -0.4 is 0 Å². The third-order valence-electron chi connectivity index (χ3n) is 3.48. The molecule has 1 rings (SSSR count). The second-order valence-electron chi connectivity index (χ2n) is 4.97. The fraction of sp³-hybridized carbons (Fsp3) is 0.846. The van der Waals surface area contributed by atoms with E-state index >= 15 is 0 Å². The van der Waals surface area contributed by atoms with Crippen LogP contribution in [0.4, 0.5) is 0 Å². The zero-order valence-electron chi connectivity index (χ0n) is 11.2. The molecule has 0 radical (unpaired) electrons. The number of carbonyl (C=O) groups excluding carboxylic acids is 2. The molecule has 0 saturated carbocycles. The van der Waals surface area contributed by atoms with Crippen molar-refractivity contribution in [2.75, 3.05) is 13.2 Å². The van der Waals surface area contributed by atoms with Crippen LogP contribution in [0.5, 0.6) is 0 Å². The van der Waals surface area contributed by atoms with E-state index in [4.69, 9.17) is 4.74 Å². The molecule has 1 amide bonds. The number of nitrogens with zero attached hydrogens (tertiary/aromatic N) is 1. The molecule has 98 valence electrons. The number of ether oxygens (including phenoxy) is 1. The Morgan fingerprint density at radius 2 is 2.00 bits per heavy atom. The predicted molar refractivity (Wildman–Crippen MR) is 65.4 cm³/mol. The van der Waals surface area contributed by atoms with Crippen LogP contribution >= 0.6 is 0 Å². The molecule has 17 heavy (non-hydrogen) atoms. The smallest absolute Gasteiger partial charge is 0.328 e. The first-order chi connectivity index (χ1) is 7.99. The van der Waals surface area contributed by atoms with Gasteiger partial charge in [0.15, 0.2) is 0 Å². The quantitative estimate of drug-likeness (QED) is 0.705. The first kappa shape index (κ1) is 14.0. The lowest BCUT2D eigenvalue weighted by Crippen LogP contribution is -2.44. The van der Waals surface area contributed by atoms with E-state index < -0.39 is 0 Å². The Morgan fingerprint density at radius 3 is 2.53 bits per heavy atom. The van der Waals surface area contributed by atoms with E-state index in [2.05, 4.69) is 0 Å². The van der Waals surface area contributed by atoms with Gasteiger partial charge in [-0.05, 0) is 25.7 Å². The first-order valence-corrected chi connectivity index (χ1v) is 6.46. The minimum absolute atomic E-state index is 0.0370. The summed E-state index contributed by atoms with van der Waals surface area (Å²) in [7, 11) is 0. The van der Waals surface area contributed by atoms with Crippen molar-refractivity contribution in [1.82, 2.24) is 4.90 Å². The molecule has 0 aromatic heterocycles. The summed E-state index contributed by atoms with van der Waals surface area (Å²) < 4.78 is 5.01. The van der Waals surface area contributed by atoms with Gasteiger partial charge in [-0.25, -0.2) is 4.79 Å². The maximum atomic E-state index is 12.2. The molecule has 0 bridgehead atoms. The Labute approximate surface area is 103 Å². The highest BCUT2D eigenvalue weighted by Crippen LogP contribution is 2.23. The Kier molecular flexibility index (Phi) is 4.97. The van der Waals surface area contributed by atoms with Crippen LogP contribution in [-0.2, 0) is 14.3 Å². The zero-order chi connectivity index (χ0) is 13.0. The Balaban J connectivity index is 2.69. The van der Waals surface area contributed by atoms with Gasteiger partial charge >= 0.3 is 5.97 Å². The molecule has 0 aromatic rings. The topological polar surface area (TPSA) is 46.6 Å². The van der Waals surface area contributed by atoms with E-state index in [-0.39, 0.29) is 23.8 Å². The van der Waals surface area contributed by atoms with E-state index in [1.807, 2.05) is 20.8 Å². The lowest BCUT2D eigenvalue weighted by atomic mass is 9.96. The highest BCUT2D eigenvalue weighted by atomic mass is 16.5. The lowest BCUT2D eigenvalue weighted by Gasteiger charge is -2.27. The molecule has 1 aliphatic rings. The monoisotopic (exact) mass is 241 g/mol. The molecule has 0 aliphatic carbocycles. The van der Waals surface area contributed by atoms with Gasteiger partial charge in [-0.1, -0.05) is 20.8 Å². The summed E-state index contributed by atoms with van der Waals surface area (Å²) in [6.07, 6.45) is 1.62. The zero-order valence-corrected chi connectivity index (χ0v) is 11.2. The van der Waals surface area contributed by atoms with Crippen LogP contribution in [0.2, 0.25) is 0 Å². The average Bonchev–Trinajstić information content (AvgIpc) is 2.76. The molecule has 4 heteroatoms. The summed E-state index contributed by atoms with van der Waals surface area (Å²) >= 11 is 0. The standard InChI is InChI=1S/C13H23NO3/c1-5-17-13(16)11-7-6-8-14(11)12(15)10(4)9(2)3/h9-11H,5-8H2,1-4H3. The molecular weight excluding hydrogens is 218 g/mol. The summed E-state index contributed by atoms with van der Waals surface area (Å²) in [4.78, 5) is 25.7. The van der Waals surface area contributed by atoms with Gasteiger partial charge in [0.2, 0.25) is 5.91 Å². The maximum Gasteiger partial charge on any atom is 0.328 e. The van der Waals surface area contributed by atoms with Crippen LogP contribution in [0.1, 0.15) is 40.5 Å². The third kappa shape index (κ3) is 3.20. The number of esters is 1. The van der Waals surface area contributed by atoms with Gasteiger partial charge < -0.3 is 9.64 Å². The van der Waals surface area contributed by atoms with Gasteiger partial charge in [0.05, 0.1) is 6.61 Å². The highest BCUT2D eigenvalue weighted by molar-refractivity contribution is 5.86. The van der Waals surface area contributed by atoms with E-state index in [1.165, 1.54) is 0 Å². The molecule has 4 nitrogen and oxygen atoms in total. The largest absolute Gasteiger partial charge is 0.464 e. The molecule has 2 atom stereocenters. The number of hydrogen-bond acceptors (Lipinski definition) is 3. The van der Waals surface area contributed by atoms with Crippen molar-refractivity contribution in [2.24, 2.45) is 11.8 Å². The van der Waals surface area contributed by atoms with Gasteiger partial charge in [0.25, 0.3) is 0 Å². The second-order valence-corrected chi connectivity index (χ2v) is 4.97. The van der Waals surface area contributed by atoms with E-state index in [1.54, 1.807) is 11.8 Å². The fourth-order valence-electron chi connectivity index (χ4n) is 2.06. The van der Waals surface area contributed by atoms with Gasteiger partial charge in [-0.15, -0.1) is 0 Å². The van der Waals surface area contributed by atoms with Crippen molar-refractivity contribution in [1.29, 1.82) is 0 Å². The third-order valence-corrected chi connectivity index (χ3v) is 3.48. The summed E-state index contributed by atoms with van der Waals surface area (Å²) in [5, 5.41) is 0. The number of likely N-dealkylation sites (tertiary alicyclic amines) is 1. The molecule has 1 heterocycles. The number of carbonyl (C=O) groups is 2. The molecule has 0 aromatic carbocycles. The lowest BCUT2D eigenvalue weighted by molar-refractivity contribution is -0.154. The SMILES string of the molecule is CCOC(=O)C1CCCN1C(=O)C(C)C(C)C. The van der Waals surface area contributed by atoms with E-state index in [0.717, 1.165) is 12.8 Å². The van der Waals surface area contributed by atoms with Crippen molar-refractivity contribution < 1.29 is 14.3 Å². The Morgan fingerprint density at radius 1 is 1.35 bits per heavy atom. The van der Waals surface area contributed by atoms with Crippen LogP contribution in [0.25, 0.3) is 0 Å². The van der Waals surface area contributed by atoms with Gasteiger partial charge in [-0.2, -0.15) is 0 Å². The van der Waals surface area contributed by atoms with Crippen molar-refractivity contribution >= 4 is 11.9 Å². The van der Waals surface area contributed by atoms with Crippen LogP contribution in [0.15, 0.2) is 0 Å². The molecule has 1 aliphatic heterocycles. The van der Waals surface area contributed by atoms with Gasteiger partial charge in [-0.3, -0.25) is 4.79 Å². The minimum Gasteiger partial charge on any atom is -0.464 e. The predicted octanol–water partition coefficient (Wildman–Crippen LogP) is 1.83. The Hall–Kier alpha value is -1.06. The van der Waals surface area contributed by atoms with E-state index in [9.17, 15) is 9.59 Å². The number of rotatable bonds is 4. The maximum absolute atomic E-state index is 12.2. The van der Waals surface area contributed by atoms with Gasteiger partial charge in [0, 0.05) is 12.5 Å². The van der Waals surface area contributed by atoms with E-state index in [0.29, 0.717) is 19.1 Å². The van der Waals surface area contributed by atoms with Crippen LogP contribution in [0, 0.1) is 11.8 Å². The Bertz CT molecular complexity index is 288.